The van der Waals surface area contributed by atoms with Crippen molar-refractivity contribution in [3.63, 3.8) is 0 Å². The maximum atomic E-state index is 13.1. The third-order valence-electron chi connectivity index (χ3n) is 3.68. The number of benzene rings is 2. The number of carboxylic acids is 1. The highest BCUT2D eigenvalue weighted by Gasteiger charge is 2.18. The molecule has 0 saturated heterocycles. The fourth-order valence-electron chi connectivity index (χ4n) is 2.42. The zero-order chi connectivity index (χ0) is 21.2. The number of ether oxygens (including phenoxy) is 2. The van der Waals surface area contributed by atoms with E-state index in [2.05, 4.69) is 34.4 Å². The second-order valence-electron chi connectivity index (χ2n) is 5.89. The van der Waals surface area contributed by atoms with Gasteiger partial charge in [0, 0.05) is 24.7 Å². The molecule has 152 valence electrons. The van der Waals surface area contributed by atoms with Gasteiger partial charge in [0.15, 0.2) is 6.10 Å². The third kappa shape index (κ3) is 7.83. The van der Waals surface area contributed by atoms with Gasteiger partial charge in [0.1, 0.15) is 24.0 Å². The first-order valence-corrected chi connectivity index (χ1v) is 9.85. The Morgan fingerprint density at radius 1 is 1.24 bits per heavy atom. The van der Waals surface area contributed by atoms with E-state index in [9.17, 15) is 13.6 Å². The number of halogens is 3. The van der Waals surface area contributed by atoms with Crippen LogP contribution in [0.1, 0.15) is 18.1 Å². The van der Waals surface area contributed by atoms with Crippen molar-refractivity contribution in [2.75, 3.05) is 13.2 Å². The summed E-state index contributed by atoms with van der Waals surface area (Å²) >= 11 is 2.12. The van der Waals surface area contributed by atoms with Gasteiger partial charge in [-0.2, -0.15) is 0 Å². The van der Waals surface area contributed by atoms with E-state index in [0.29, 0.717) is 12.4 Å². The van der Waals surface area contributed by atoms with Gasteiger partial charge in [0.25, 0.3) is 0 Å². The predicted octanol–water partition coefficient (Wildman–Crippen LogP) is 4.59. The molecule has 2 aromatic carbocycles. The summed E-state index contributed by atoms with van der Waals surface area (Å²) in [5, 5.41) is 9.17. The Labute approximate surface area is 181 Å². The Kier molecular flexibility index (Phi) is 9.09. The molecule has 0 amide bonds. The molecule has 0 saturated carbocycles. The molecule has 1 atom stereocenters. The number of rotatable bonds is 8. The molecule has 2 rings (SSSR count). The van der Waals surface area contributed by atoms with E-state index in [1.54, 1.807) is 31.2 Å². The van der Waals surface area contributed by atoms with Crippen molar-refractivity contribution < 1.29 is 28.2 Å². The van der Waals surface area contributed by atoms with E-state index >= 15 is 0 Å². The molecule has 4 nitrogen and oxygen atoms in total. The van der Waals surface area contributed by atoms with Crippen LogP contribution in [0.3, 0.4) is 0 Å². The number of carboxylic acid groups (broad SMARTS) is 1. The Hall–Kier alpha value is -2.44. The summed E-state index contributed by atoms with van der Waals surface area (Å²) in [4.78, 5) is 11.2. The summed E-state index contributed by atoms with van der Waals surface area (Å²) in [5.74, 6) is 3.66. The number of hydrogen-bond acceptors (Lipinski definition) is 3. The highest BCUT2D eigenvalue weighted by molar-refractivity contribution is 14.1. The lowest BCUT2D eigenvalue weighted by Gasteiger charge is -2.13. The first kappa shape index (κ1) is 22.8. The molecular weight excluding hydrogens is 493 g/mol. The Balaban J connectivity index is 1.90. The first-order chi connectivity index (χ1) is 13.9. The quantitative estimate of drug-likeness (QED) is 0.416. The molecule has 0 heterocycles. The normalized spacial score (nSPS) is 11.7. The third-order valence-corrected chi connectivity index (χ3v) is 4.52. The van der Waals surface area contributed by atoms with Crippen molar-refractivity contribution in [1.82, 2.24) is 0 Å². The van der Waals surface area contributed by atoms with Crippen LogP contribution in [0.4, 0.5) is 8.78 Å². The van der Waals surface area contributed by atoms with E-state index in [1.165, 1.54) is 0 Å². The lowest BCUT2D eigenvalue weighted by molar-refractivity contribution is -0.149. The summed E-state index contributed by atoms with van der Waals surface area (Å²) in [6.07, 6.45) is 2.62. The molecule has 0 bridgehead atoms. The van der Waals surface area contributed by atoms with Crippen LogP contribution in [0, 0.1) is 27.0 Å². The summed E-state index contributed by atoms with van der Waals surface area (Å²) in [7, 11) is 0. The number of hydrogen-bond donors (Lipinski definition) is 1. The maximum Gasteiger partial charge on any atom is 0.333 e. The molecule has 0 spiro atoms. The van der Waals surface area contributed by atoms with Gasteiger partial charge >= 0.3 is 5.97 Å². The minimum absolute atomic E-state index is 0.255. The Morgan fingerprint density at radius 2 is 1.97 bits per heavy atom. The van der Waals surface area contributed by atoms with Gasteiger partial charge < -0.3 is 14.6 Å². The fourth-order valence-corrected chi connectivity index (χ4v) is 3.15. The number of allylic oxidation sites excluding steroid dienone is 1. The standard InChI is InChI=1S/C22H19F2IO4/c1-2-28-21(22(26)27)13-16-7-8-20(19(25)12-16)29-9-5-3-4-6-15-10-17(23)14-18(24)11-15/h3,5,7-8,10-12,14,21H,2,9,13H2,1H3,(H,26,27)/b5-3-. The topological polar surface area (TPSA) is 55.8 Å². The molecule has 1 unspecified atom stereocenters. The molecule has 2 aromatic rings. The first-order valence-electron chi connectivity index (χ1n) is 8.77. The Morgan fingerprint density at radius 3 is 2.59 bits per heavy atom. The molecule has 0 aromatic heterocycles. The van der Waals surface area contributed by atoms with E-state index in [0.717, 1.165) is 27.3 Å². The van der Waals surface area contributed by atoms with Gasteiger partial charge in [-0.25, -0.2) is 13.6 Å². The molecular formula is C22H19F2IO4. The summed E-state index contributed by atoms with van der Waals surface area (Å²) in [6.45, 7) is 2.35. The average Bonchev–Trinajstić information content (AvgIpc) is 2.64. The average molecular weight is 512 g/mol. The molecule has 0 aliphatic heterocycles. The van der Waals surface area contributed by atoms with Gasteiger partial charge in [-0.15, -0.1) is 0 Å². The van der Waals surface area contributed by atoms with Crippen molar-refractivity contribution in [2.24, 2.45) is 0 Å². The summed E-state index contributed by atoms with van der Waals surface area (Å²) < 4.78 is 37.9. The minimum atomic E-state index is -0.991. The molecule has 7 heteroatoms. The molecule has 29 heavy (non-hydrogen) atoms. The smallest absolute Gasteiger partial charge is 0.333 e. The zero-order valence-corrected chi connectivity index (χ0v) is 17.8. The molecule has 0 fully saturated rings. The summed E-state index contributed by atoms with van der Waals surface area (Å²) in [5.41, 5.74) is 1.09. The molecule has 0 aliphatic carbocycles. The Bertz CT molecular complexity index is 927. The fraction of sp³-hybridized carbons (Fsp3) is 0.227. The predicted molar refractivity (Wildman–Crippen MR) is 114 cm³/mol. The van der Waals surface area contributed by atoms with E-state index in [1.807, 2.05) is 6.07 Å². The monoisotopic (exact) mass is 512 g/mol. The van der Waals surface area contributed by atoms with Gasteiger partial charge in [0.2, 0.25) is 0 Å². The molecule has 0 aliphatic rings. The maximum absolute atomic E-state index is 13.1. The SMILES string of the molecule is CCOC(Cc1ccc(OC/C=C\C#Cc2cc(F)cc(F)c2)c(I)c1)C(=O)O. The summed E-state index contributed by atoms with van der Waals surface area (Å²) in [6, 6.07) is 8.54. The van der Waals surface area contributed by atoms with Crippen LogP contribution in [-0.4, -0.2) is 30.4 Å². The van der Waals surface area contributed by atoms with Crippen LogP contribution in [0.5, 0.6) is 5.75 Å². The van der Waals surface area contributed by atoms with Crippen LogP contribution < -0.4 is 4.74 Å². The van der Waals surface area contributed by atoms with E-state index in [-0.39, 0.29) is 18.6 Å². The van der Waals surface area contributed by atoms with Gasteiger partial charge in [0.05, 0.1) is 3.57 Å². The lowest BCUT2D eigenvalue weighted by atomic mass is 10.1. The molecule has 1 N–H and O–H groups in total. The van der Waals surface area contributed by atoms with Gasteiger partial charge in [-0.3, -0.25) is 0 Å². The van der Waals surface area contributed by atoms with Crippen LogP contribution in [0.15, 0.2) is 48.6 Å². The van der Waals surface area contributed by atoms with Crippen LogP contribution >= 0.6 is 22.6 Å². The van der Waals surface area contributed by atoms with Gasteiger partial charge in [-0.1, -0.05) is 17.9 Å². The highest BCUT2D eigenvalue weighted by Crippen LogP contribution is 2.23. The largest absolute Gasteiger partial charge is 0.488 e. The van der Waals surface area contributed by atoms with Crippen molar-refractivity contribution in [3.05, 3.63) is 74.9 Å². The second-order valence-corrected chi connectivity index (χ2v) is 7.05. The van der Waals surface area contributed by atoms with Gasteiger partial charge in [-0.05, 0) is 71.5 Å². The van der Waals surface area contributed by atoms with Crippen LogP contribution in [0.25, 0.3) is 0 Å². The highest BCUT2D eigenvalue weighted by atomic mass is 127. The van der Waals surface area contributed by atoms with Crippen molar-refractivity contribution >= 4 is 28.6 Å². The number of aliphatic carboxylic acids is 1. The van der Waals surface area contributed by atoms with Crippen LogP contribution in [0.2, 0.25) is 0 Å². The van der Waals surface area contributed by atoms with Crippen molar-refractivity contribution in [2.45, 2.75) is 19.4 Å². The van der Waals surface area contributed by atoms with E-state index < -0.39 is 23.7 Å². The number of carbonyl (C=O) groups is 1. The van der Waals surface area contributed by atoms with E-state index in [4.69, 9.17) is 14.6 Å². The zero-order valence-electron chi connectivity index (χ0n) is 15.6. The van der Waals surface area contributed by atoms with Crippen molar-refractivity contribution in [3.8, 4) is 17.6 Å². The second kappa shape index (κ2) is 11.5. The lowest BCUT2D eigenvalue weighted by Crippen LogP contribution is -2.26. The van der Waals surface area contributed by atoms with Crippen molar-refractivity contribution in [1.29, 1.82) is 0 Å². The molecule has 0 radical (unpaired) electrons. The minimum Gasteiger partial charge on any atom is -0.488 e. The van der Waals surface area contributed by atoms with Crippen LogP contribution in [-0.2, 0) is 16.0 Å².